The first-order valence-electron chi connectivity index (χ1n) is 32.2. The fourth-order valence-electron chi connectivity index (χ4n) is 11.3. The van der Waals surface area contributed by atoms with E-state index in [1.165, 1.54) is 14.2 Å². The highest BCUT2D eigenvalue weighted by molar-refractivity contribution is 14.1. The Morgan fingerprint density at radius 3 is 1.30 bits per heavy atom. The van der Waals surface area contributed by atoms with Crippen LogP contribution in [0.15, 0.2) is 133 Å². The maximum Gasteiger partial charge on any atom is 0.345 e. The first-order chi connectivity index (χ1) is 46.9. The Morgan fingerprint density at radius 2 is 0.857 bits per heavy atom. The standard InChI is InChI=1S/C28H29BrO6.C21H23BrO6.C15H15BrO2.C13H15IO3/c1-4-5-11-28(31)23-14-21(32-3)15-24(25(23)27(30)35-28)34-26-18(2)12-22(13-20(26)16-29)33-17-19-9-7-6-8-10-19;1-4-5-6-21(25)15-9-14(26-3)10-17(18(15)20(24)28-21)27-19-13(11-22)7-12(2)8-16(19)23;1-11-7-14(8-13(9-16)15(11)17)18-10-12-5-3-2-4-6-12;1-3-4-5-13(16)9-6-8(2)7-10(14)11(9)12(15)17-13/h6-10,12-15,31H,4-5,11,16-17H2,1-3H3;7-10,23,25H,4-6,11H2,1-3H3;2-8,17H,9-10H2,1H3;6-7,16H,3-5H2,1-2H3. The van der Waals surface area contributed by atoms with Crippen molar-refractivity contribution in [2.75, 3.05) is 14.2 Å². The van der Waals surface area contributed by atoms with E-state index >= 15 is 0 Å². The van der Waals surface area contributed by atoms with Crippen molar-refractivity contribution >= 4 is 88.3 Å². The van der Waals surface area contributed by atoms with Crippen molar-refractivity contribution in [2.45, 2.75) is 153 Å². The summed E-state index contributed by atoms with van der Waals surface area (Å²) in [5.41, 5.74) is 10.4. The van der Waals surface area contributed by atoms with Gasteiger partial charge in [-0.15, -0.1) is 0 Å². The quantitative estimate of drug-likeness (QED) is 0.0164. The third kappa shape index (κ3) is 18.3. The van der Waals surface area contributed by atoms with Crippen molar-refractivity contribution in [3.05, 3.63) is 220 Å². The summed E-state index contributed by atoms with van der Waals surface area (Å²) < 4.78 is 51.6. The summed E-state index contributed by atoms with van der Waals surface area (Å²) >= 11 is 12.4. The molecule has 11 rings (SSSR count). The number of alkyl halides is 3. The van der Waals surface area contributed by atoms with E-state index in [2.05, 4.69) is 70.4 Å². The number of benzene rings is 8. The predicted molar refractivity (Wildman–Crippen MR) is 393 cm³/mol. The number of unbranched alkanes of at least 4 members (excludes halogenated alkanes) is 3. The number of carbonyl (C=O) groups excluding carboxylic acids is 3. The number of halogens is 4. The van der Waals surface area contributed by atoms with Gasteiger partial charge in [0.1, 0.15) is 70.3 Å². The molecule has 17 nitrogen and oxygen atoms in total. The van der Waals surface area contributed by atoms with Gasteiger partial charge in [0.2, 0.25) is 17.4 Å². The number of phenolic OH excluding ortho intramolecular Hbond substituents is 2. The third-order valence-electron chi connectivity index (χ3n) is 16.4. The molecular weight excluding hydrogens is 1560 g/mol. The van der Waals surface area contributed by atoms with Crippen LogP contribution in [0.2, 0.25) is 0 Å². The van der Waals surface area contributed by atoms with Gasteiger partial charge in [0.05, 0.1) is 19.8 Å². The molecule has 0 saturated heterocycles. The number of esters is 3. The molecule has 0 radical (unpaired) electrons. The first-order valence-corrected chi connectivity index (χ1v) is 36.6. The zero-order valence-electron chi connectivity index (χ0n) is 56.2. The molecule has 5 N–H and O–H groups in total. The van der Waals surface area contributed by atoms with Crippen LogP contribution < -0.4 is 28.4 Å². The summed E-state index contributed by atoms with van der Waals surface area (Å²) in [5, 5.41) is 54.3. The minimum atomic E-state index is -1.72. The Balaban J connectivity index is 0.000000174. The Kier molecular flexibility index (Phi) is 27.0. The normalized spacial score (nSPS) is 16.8. The number of hydrogen-bond donors (Lipinski definition) is 5. The lowest BCUT2D eigenvalue weighted by Gasteiger charge is -2.22. The molecule has 8 aromatic rings. The molecule has 520 valence electrons. The topological polar surface area (TPSA) is 235 Å². The van der Waals surface area contributed by atoms with Crippen LogP contribution in [-0.4, -0.2) is 57.7 Å². The van der Waals surface area contributed by atoms with Crippen molar-refractivity contribution < 1.29 is 82.5 Å². The molecule has 0 bridgehead atoms. The highest BCUT2D eigenvalue weighted by atomic mass is 127. The first kappa shape index (κ1) is 76.4. The van der Waals surface area contributed by atoms with Crippen LogP contribution in [0, 0.1) is 31.3 Å². The number of aliphatic hydroxyl groups is 3. The van der Waals surface area contributed by atoms with Gasteiger partial charge >= 0.3 is 17.9 Å². The molecule has 0 saturated carbocycles. The molecule has 3 unspecified atom stereocenters. The van der Waals surface area contributed by atoms with Crippen LogP contribution in [0.4, 0.5) is 0 Å². The van der Waals surface area contributed by atoms with Crippen molar-refractivity contribution in [2.24, 2.45) is 0 Å². The number of carbonyl (C=O) groups is 3. The largest absolute Gasteiger partial charge is 0.507 e. The lowest BCUT2D eigenvalue weighted by atomic mass is 9.96. The predicted octanol–water partition coefficient (Wildman–Crippen LogP) is 19.0. The second-order valence-corrected chi connectivity index (χ2v) is 26.8. The molecule has 21 heteroatoms. The van der Waals surface area contributed by atoms with E-state index in [1.54, 1.807) is 30.3 Å². The third-order valence-corrected chi connectivity index (χ3v) is 19.1. The summed E-state index contributed by atoms with van der Waals surface area (Å²) in [7, 11) is 3.02. The Labute approximate surface area is 611 Å². The fourth-order valence-corrected chi connectivity index (χ4v) is 13.6. The fraction of sp³-hybridized carbons (Fsp3) is 0.338. The zero-order valence-corrected chi connectivity index (χ0v) is 63.2. The molecule has 0 fully saturated rings. The van der Waals surface area contributed by atoms with Crippen LogP contribution >= 0.6 is 70.4 Å². The molecule has 3 heterocycles. The summed E-state index contributed by atoms with van der Waals surface area (Å²) in [6.45, 7) is 14.6. The summed E-state index contributed by atoms with van der Waals surface area (Å²) in [5.74, 6) is -2.60. The van der Waals surface area contributed by atoms with Crippen molar-refractivity contribution in [1.29, 1.82) is 0 Å². The molecular formula is C77H82Br3IO17. The van der Waals surface area contributed by atoms with E-state index in [-0.39, 0.29) is 40.5 Å². The monoisotopic (exact) mass is 1640 g/mol. The highest BCUT2D eigenvalue weighted by Crippen LogP contribution is 2.50. The van der Waals surface area contributed by atoms with Crippen molar-refractivity contribution in [3.63, 3.8) is 0 Å². The number of aryl methyl sites for hydroxylation is 4. The molecule has 3 aliphatic heterocycles. The second-order valence-electron chi connectivity index (χ2n) is 24.0. The van der Waals surface area contributed by atoms with Crippen LogP contribution in [-0.2, 0) is 60.8 Å². The van der Waals surface area contributed by atoms with Gasteiger partial charge in [-0.05, 0) is 158 Å². The maximum absolute atomic E-state index is 12.8. The van der Waals surface area contributed by atoms with E-state index in [4.69, 9.17) is 42.6 Å². The Morgan fingerprint density at radius 1 is 0.459 bits per heavy atom. The number of hydrogen-bond acceptors (Lipinski definition) is 17. The molecule has 8 aromatic carbocycles. The average molecular weight is 1650 g/mol. The number of fused-ring (bicyclic) bond motifs is 3. The lowest BCUT2D eigenvalue weighted by molar-refractivity contribution is -0.169. The van der Waals surface area contributed by atoms with Gasteiger partial charge in [-0.1, -0.05) is 155 Å². The Hall–Kier alpha value is -7.38. The minimum Gasteiger partial charge on any atom is -0.507 e. The molecule has 0 aliphatic carbocycles. The molecule has 0 aromatic heterocycles. The molecule has 0 amide bonds. The van der Waals surface area contributed by atoms with E-state index in [9.17, 15) is 39.9 Å². The summed E-state index contributed by atoms with van der Waals surface area (Å²) in [6.07, 6.45) is 5.90. The van der Waals surface area contributed by atoms with Gasteiger partial charge in [-0.3, -0.25) is 0 Å². The lowest BCUT2D eigenvalue weighted by Crippen LogP contribution is -2.25. The SMILES string of the molecule is CCCCC1(O)OC(=O)c2c(I)cc(C)cc21.CCCCC1(O)OC(=O)c2c(Oc3c(C)cc(OCc4ccccc4)cc3CBr)cc(OC)cc21.CCCCC1(O)OC(=O)c2c(Oc3c(O)cc(C)cc3CBr)cc(OC)cc21.Cc1cc(OCc2ccccc2)cc(CBr)c1O. The summed E-state index contributed by atoms with van der Waals surface area (Å²) in [6, 6.07) is 41.1. The number of methoxy groups -OCH3 is 2. The van der Waals surface area contributed by atoms with Crippen LogP contribution in [0.3, 0.4) is 0 Å². The van der Waals surface area contributed by atoms with E-state index < -0.39 is 35.3 Å². The number of aromatic hydroxyl groups is 2. The van der Waals surface area contributed by atoms with Gasteiger partial charge < -0.3 is 68.2 Å². The van der Waals surface area contributed by atoms with E-state index in [1.807, 2.05) is 152 Å². The van der Waals surface area contributed by atoms with Crippen LogP contribution in [0.25, 0.3) is 0 Å². The van der Waals surface area contributed by atoms with Gasteiger partial charge in [0, 0.05) is 84.3 Å². The van der Waals surface area contributed by atoms with Gasteiger partial charge in [0.25, 0.3) is 0 Å². The molecule has 0 spiro atoms. The molecule has 3 aliphatic rings. The number of ether oxygens (including phenoxy) is 9. The molecule has 98 heavy (non-hydrogen) atoms. The van der Waals surface area contributed by atoms with Gasteiger partial charge in [-0.25, -0.2) is 14.4 Å². The highest BCUT2D eigenvalue weighted by Gasteiger charge is 2.48. The average Bonchev–Trinajstić information content (AvgIpc) is 1.60. The maximum atomic E-state index is 12.8. The Bertz CT molecular complexity index is 4130. The zero-order chi connectivity index (χ0) is 71.1. The number of rotatable bonds is 24. The van der Waals surface area contributed by atoms with Gasteiger partial charge in [-0.2, -0.15) is 0 Å². The van der Waals surface area contributed by atoms with Gasteiger partial charge in [0.15, 0.2) is 11.5 Å². The van der Waals surface area contributed by atoms with E-state index in [0.29, 0.717) is 100 Å². The van der Waals surface area contributed by atoms with Crippen LogP contribution in [0.5, 0.6) is 57.5 Å². The minimum absolute atomic E-state index is 0.0429. The molecule has 3 atom stereocenters. The second kappa shape index (κ2) is 34.6. The van der Waals surface area contributed by atoms with E-state index in [0.717, 1.165) is 90.8 Å². The van der Waals surface area contributed by atoms with Crippen molar-refractivity contribution in [3.8, 4) is 57.5 Å². The number of phenols is 2. The summed E-state index contributed by atoms with van der Waals surface area (Å²) in [4.78, 5) is 37.2. The number of cyclic esters (lactones) is 3. The van der Waals surface area contributed by atoms with Crippen molar-refractivity contribution in [1.82, 2.24) is 0 Å². The van der Waals surface area contributed by atoms with Crippen LogP contribution in [0.1, 0.15) is 176 Å². The smallest absolute Gasteiger partial charge is 0.345 e.